The molecule has 10 heteroatoms. The van der Waals surface area contributed by atoms with Crippen LogP contribution in [0.15, 0.2) is 64.7 Å². The van der Waals surface area contributed by atoms with E-state index in [0.29, 0.717) is 33.8 Å². The molecule has 0 atom stereocenters. The van der Waals surface area contributed by atoms with Gasteiger partial charge in [-0.25, -0.2) is 0 Å². The number of anilines is 1. The van der Waals surface area contributed by atoms with Gasteiger partial charge in [-0.3, -0.25) is 14.8 Å². The number of rotatable bonds is 7. The van der Waals surface area contributed by atoms with Gasteiger partial charge in [-0.05, 0) is 42.8 Å². The molecule has 1 aromatic carbocycles. The third-order valence-electron chi connectivity index (χ3n) is 4.74. The van der Waals surface area contributed by atoms with Crippen molar-refractivity contribution in [2.45, 2.75) is 13.5 Å². The van der Waals surface area contributed by atoms with Gasteiger partial charge in [0.2, 0.25) is 0 Å². The fourth-order valence-electron chi connectivity index (χ4n) is 3.07. The number of amides is 1. The van der Waals surface area contributed by atoms with Crippen LogP contribution in [0.5, 0.6) is 5.75 Å². The predicted molar refractivity (Wildman–Crippen MR) is 126 cm³/mol. The van der Waals surface area contributed by atoms with Crippen molar-refractivity contribution in [2.75, 3.05) is 12.4 Å². The number of halogens is 2. The molecular weight excluding hydrogens is 467 g/mol. The highest BCUT2D eigenvalue weighted by Gasteiger charge is 2.20. The Labute approximate surface area is 199 Å². The van der Waals surface area contributed by atoms with Crippen molar-refractivity contribution in [3.8, 4) is 5.75 Å². The van der Waals surface area contributed by atoms with Crippen LogP contribution < -0.4 is 10.1 Å². The van der Waals surface area contributed by atoms with Crippen LogP contribution >= 0.6 is 23.2 Å². The Morgan fingerprint density at radius 3 is 2.55 bits per heavy atom. The summed E-state index contributed by atoms with van der Waals surface area (Å²) in [5, 5.41) is 7.84. The number of benzene rings is 1. The summed E-state index contributed by atoms with van der Waals surface area (Å²) in [5.41, 5.74) is 2.44. The van der Waals surface area contributed by atoms with Gasteiger partial charge in [0.25, 0.3) is 5.91 Å². The minimum Gasteiger partial charge on any atom is -0.493 e. The number of carbonyl (C=O) groups is 1. The molecule has 8 nitrogen and oxygen atoms in total. The zero-order chi connectivity index (χ0) is 23.4. The van der Waals surface area contributed by atoms with Gasteiger partial charge in [-0.2, -0.15) is 0 Å². The first-order valence-corrected chi connectivity index (χ1v) is 10.5. The second kappa shape index (κ2) is 9.89. The maximum Gasteiger partial charge on any atom is 0.256 e. The van der Waals surface area contributed by atoms with E-state index < -0.39 is 5.91 Å². The van der Waals surface area contributed by atoms with Crippen LogP contribution in [-0.4, -0.2) is 28.7 Å². The van der Waals surface area contributed by atoms with E-state index >= 15 is 0 Å². The first-order valence-electron chi connectivity index (χ1n) is 9.74. The van der Waals surface area contributed by atoms with E-state index in [1.807, 2.05) is 12.1 Å². The molecular formula is C23H18Cl2N4O4. The highest BCUT2D eigenvalue weighted by atomic mass is 35.5. The third-order valence-corrected chi connectivity index (χ3v) is 5.32. The molecule has 4 aromatic rings. The summed E-state index contributed by atoms with van der Waals surface area (Å²) < 4.78 is 11.4. The van der Waals surface area contributed by atoms with Crippen LogP contribution in [0.2, 0.25) is 10.0 Å². The second-order valence-corrected chi connectivity index (χ2v) is 7.72. The summed E-state index contributed by atoms with van der Waals surface area (Å²) in [6.45, 7) is 2.03. The Morgan fingerprint density at radius 2 is 1.85 bits per heavy atom. The third kappa shape index (κ3) is 4.92. The number of oxime groups is 1. The summed E-state index contributed by atoms with van der Waals surface area (Å²) in [5.74, 6) is 0.477. The minimum absolute atomic E-state index is 0.225. The van der Waals surface area contributed by atoms with E-state index in [-0.39, 0.29) is 22.3 Å². The second-order valence-electron chi connectivity index (χ2n) is 6.91. The Hall–Kier alpha value is -3.62. The molecule has 4 rings (SSSR count). The minimum atomic E-state index is -0.423. The quantitative estimate of drug-likeness (QED) is 0.265. The summed E-state index contributed by atoms with van der Waals surface area (Å²) in [6, 6.07) is 8.65. The smallest absolute Gasteiger partial charge is 0.256 e. The standard InChI is InChI=1S/C23H18Cl2N4O4/c1-13(29-32-12-14-5-7-26-8-6-14)20-9-16-15(3-4-19(31-2)22(16)33-20)23(30)28-21-17(24)10-27-11-18(21)25/h3-11H,12H2,1-2H3,(H,27,28,30)/b29-13-. The molecule has 0 fully saturated rings. The fraction of sp³-hybridized carbons (Fsp3) is 0.130. The first kappa shape index (κ1) is 22.6. The van der Waals surface area contributed by atoms with Gasteiger partial charge in [0.05, 0.1) is 28.4 Å². The lowest BCUT2D eigenvalue weighted by Gasteiger charge is -2.10. The van der Waals surface area contributed by atoms with Crippen LogP contribution in [0.1, 0.15) is 28.6 Å². The molecule has 0 saturated heterocycles. The summed E-state index contributed by atoms with van der Waals surface area (Å²) >= 11 is 12.3. The normalized spacial score (nSPS) is 11.5. The average molecular weight is 485 g/mol. The van der Waals surface area contributed by atoms with Crippen LogP contribution in [0.4, 0.5) is 5.69 Å². The highest BCUT2D eigenvalue weighted by Crippen LogP contribution is 2.34. The molecule has 0 bridgehead atoms. The number of pyridine rings is 2. The monoisotopic (exact) mass is 484 g/mol. The van der Waals surface area contributed by atoms with Crippen molar-refractivity contribution in [1.82, 2.24) is 9.97 Å². The van der Waals surface area contributed by atoms with E-state index in [0.717, 1.165) is 5.56 Å². The maximum atomic E-state index is 13.0. The zero-order valence-corrected chi connectivity index (χ0v) is 19.1. The SMILES string of the molecule is COc1ccc(C(=O)Nc2c(Cl)cncc2Cl)c2cc(/C(C)=N\OCc3ccncc3)oc12. The van der Waals surface area contributed by atoms with Crippen molar-refractivity contribution in [1.29, 1.82) is 0 Å². The van der Waals surface area contributed by atoms with Crippen LogP contribution in [-0.2, 0) is 11.4 Å². The van der Waals surface area contributed by atoms with Gasteiger partial charge in [0.1, 0.15) is 12.3 Å². The van der Waals surface area contributed by atoms with Crippen molar-refractivity contribution in [3.63, 3.8) is 0 Å². The number of hydrogen-bond acceptors (Lipinski definition) is 7. The average Bonchev–Trinajstić information content (AvgIpc) is 3.27. The Bertz CT molecular complexity index is 1320. The number of methoxy groups -OCH3 is 1. The van der Waals surface area contributed by atoms with E-state index in [9.17, 15) is 4.79 Å². The number of furan rings is 1. The molecule has 0 aliphatic rings. The van der Waals surface area contributed by atoms with Gasteiger partial charge >= 0.3 is 0 Å². The molecule has 0 unspecified atom stereocenters. The van der Waals surface area contributed by atoms with Gasteiger partial charge < -0.3 is 19.3 Å². The Balaban J connectivity index is 1.64. The van der Waals surface area contributed by atoms with Gasteiger partial charge in [-0.15, -0.1) is 0 Å². The van der Waals surface area contributed by atoms with E-state index in [4.69, 9.17) is 37.2 Å². The molecule has 3 aromatic heterocycles. The fourth-order valence-corrected chi connectivity index (χ4v) is 3.53. The molecule has 33 heavy (non-hydrogen) atoms. The molecule has 0 aliphatic heterocycles. The predicted octanol–water partition coefficient (Wildman–Crippen LogP) is 5.73. The Kier molecular flexibility index (Phi) is 6.76. The van der Waals surface area contributed by atoms with Crippen molar-refractivity contribution in [2.24, 2.45) is 5.16 Å². The number of aromatic nitrogens is 2. The first-order chi connectivity index (χ1) is 16.0. The molecule has 3 heterocycles. The largest absolute Gasteiger partial charge is 0.493 e. The van der Waals surface area contributed by atoms with Gasteiger partial charge in [-0.1, -0.05) is 28.4 Å². The molecule has 1 amide bonds. The van der Waals surface area contributed by atoms with Crippen LogP contribution in [0, 0.1) is 0 Å². The van der Waals surface area contributed by atoms with Crippen molar-refractivity contribution < 1.29 is 18.8 Å². The van der Waals surface area contributed by atoms with Crippen molar-refractivity contribution in [3.05, 3.63) is 82.1 Å². The van der Waals surface area contributed by atoms with E-state index in [2.05, 4.69) is 20.4 Å². The van der Waals surface area contributed by atoms with Gasteiger partial charge in [0, 0.05) is 30.2 Å². The molecule has 0 saturated carbocycles. The highest BCUT2D eigenvalue weighted by molar-refractivity contribution is 6.39. The number of fused-ring (bicyclic) bond motifs is 1. The molecule has 0 spiro atoms. The van der Waals surface area contributed by atoms with Crippen LogP contribution in [0.25, 0.3) is 11.0 Å². The topological polar surface area (TPSA) is 98.8 Å². The lowest BCUT2D eigenvalue weighted by Crippen LogP contribution is -2.13. The number of nitrogens with zero attached hydrogens (tertiary/aromatic N) is 3. The summed E-state index contributed by atoms with van der Waals surface area (Å²) in [6.07, 6.45) is 6.15. The lowest BCUT2D eigenvalue weighted by atomic mass is 10.1. The zero-order valence-electron chi connectivity index (χ0n) is 17.6. The van der Waals surface area contributed by atoms with Crippen LogP contribution in [0.3, 0.4) is 0 Å². The molecule has 1 N–H and O–H groups in total. The summed E-state index contributed by atoms with van der Waals surface area (Å²) in [4.78, 5) is 26.3. The molecule has 0 radical (unpaired) electrons. The number of hydrogen-bond donors (Lipinski definition) is 1. The Morgan fingerprint density at radius 1 is 1.12 bits per heavy atom. The lowest BCUT2D eigenvalue weighted by molar-refractivity contribution is 0.102. The molecule has 168 valence electrons. The summed E-state index contributed by atoms with van der Waals surface area (Å²) in [7, 11) is 1.52. The van der Waals surface area contributed by atoms with E-state index in [1.54, 1.807) is 37.5 Å². The maximum absolute atomic E-state index is 13.0. The molecule has 0 aliphatic carbocycles. The number of carbonyl (C=O) groups excluding carboxylic acids is 1. The van der Waals surface area contributed by atoms with Crippen molar-refractivity contribution >= 4 is 51.5 Å². The number of nitrogens with one attached hydrogen (secondary N) is 1. The van der Waals surface area contributed by atoms with E-state index in [1.165, 1.54) is 19.5 Å². The number of ether oxygens (including phenoxy) is 1. The van der Waals surface area contributed by atoms with Gasteiger partial charge in [0.15, 0.2) is 17.1 Å².